The third kappa shape index (κ3) is 3.14. The van der Waals surface area contributed by atoms with Gasteiger partial charge in [0.2, 0.25) is 0 Å². The van der Waals surface area contributed by atoms with E-state index >= 15 is 0 Å². The average Bonchev–Trinajstić information content (AvgIpc) is 2.92. The highest BCUT2D eigenvalue weighted by atomic mass is 15.1. The highest BCUT2D eigenvalue weighted by Gasteiger charge is 2.12. The molecule has 1 heterocycles. The normalized spacial score (nSPS) is 12.0. The van der Waals surface area contributed by atoms with Crippen molar-refractivity contribution in [1.82, 2.24) is 15.5 Å². The van der Waals surface area contributed by atoms with Gasteiger partial charge in [-0.2, -0.15) is 5.10 Å². The fraction of sp³-hybridized carbons (Fsp3) is 0.278. The molecule has 0 bridgehead atoms. The van der Waals surface area contributed by atoms with E-state index in [0.717, 1.165) is 12.2 Å². The lowest BCUT2D eigenvalue weighted by Crippen LogP contribution is -2.35. The highest BCUT2D eigenvalue weighted by Crippen LogP contribution is 2.25. The Morgan fingerprint density at radius 3 is 2.57 bits per heavy atom. The number of nitrogens with one attached hydrogen (secondary N) is 2. The van der Waals surface area contributed by atoms with Crippen LogP contribution in [-0.2, 0) is 6.54 Å². The maximum atomic E-state index is 4.21. The Kier molecular flexibility index (Phi) is 3.52. The number of nitrogens with zero attached hydrogens (tertiary/aromatic N) is 1. The van der Waals surface area contributed by atoms with Gasteiger partial charge in [-0.15, -0.1) is 0 Å². The van der Waals surface area contributed by atoms with Crippen molar-refractivity contribution in [2.24, 2.45) is 0 Å². The van der Waals surface area contributed by atoms with Crippen molar-refractivity contribution in [3.63, 3.8) is 0 Å². The number of aromatic amines is 1. The van der Waals surface area contributed by atoms with Crippen LogP contribution in [0, 0.1) is 0 Å². The van der Waals surface area contributed by atoms with Crippen molar-refractivity contribution in [2.45, 2.75) is 32.9 Å². The molecule has 0 saturated heterocycles. The average molecular weight is 279 g/mol. The van der Waals surface area contributed by atoms with Gasteiger partial charge in [-0.25, -0.2) is 0 Å². The number of rotatable bonds is 3. The summed E-state index contributed by atoms with van der Waals surface area (Å²) in [5.41, 5.74) is 3.56. The van der Waals surface area contributed by atoms with Crippen LogP contribution in [0.3, 0.4) is 0 Å². The van der Waals surface area contributed by atoms with Gasteiger partial charge in [-0.3, -0.25) is 5.10 Å². The van der Waals surface area contributed by atoms with Gasteiger partial charge in [-0.1, -0.05) is 36.4 Å². The van der Waals surface area contributed by atoms with Gasteiger partial charge in [0.25, 0.3) is 0 Å². The lowest BCUT2D eigenvalue weighted by molar-refractivity contribution is 0.424. The highest BCUT2D eigenvalue weighted by molar-refractivity contribution is 5.87. The Labute approximate surface area is 125 Å². The van der Waals surface area contributed by atoms with E-state index in [1.54, 1.807) is 0 Å². The van der Waals surface area contributed by atoms with E-state index in [4.69, 9.17) is 0 Å². The Morgan fingerprint density at radius 1 is 1.05 bits per heavy atom. The van der Waals surface area contributed by atoms with Gasteiger partial charge in [-0.05, 0) is 37.6 Å². The Morgan fingerprint density at radius 2 is 1.81 bits per heavy atom. The van der Waals surface area contributed by atoms with Crippen LogP contribution in [0.5, 0.6) is 0 Å². The van der Waals surface area contributed by atoms with Crippen LogP contribution < -0.4 is 5.32 Å². The van der Waals surface area contributed by atoms with Gasteiger partial charge in [0.1, 0.15) is 0 Å². The zero-order valence-corrected chi connectivity index (χ0v) is 12.8. The second-order valence-electron chi connectivity index (χ2n) is 6.44. The lowest BCUT2D eigenvalue weighted by atomic mass is 10.0. The minimum absolute atomic E-state index is 0.0952. The molecule has 0 aliphatic rings. The molecule has 3 aromatic rings. The number of hydrogen-bond donors (Lipinski definition) is 2. The molecule has 0 spiro atoms. The Hall–Kier alpha value is -2.13. The van der Waals surface area contributed by atoms with Crippen molar-refractivity contribution in [2.75, 3.05) is 0 Å². The summed E-state index contributed by atoms with van der Waals surface area (Å²) in [5, 5.41) is 13.4. The first kappa shape index (κ1) is 13.8. The van der Waals surface area contributed by atoms with Gasteiger partial charge in [0.15, 0.2) is 0 Å². The molecule has 108 valence electrons. The summed E-state index contributed by atoms with van der Waals surface area (Å²) in [6.07, 6.45) is 1.91. The fourth-order valence-corrected chi connectivity index (χ4v) is 2.40. The second-order valence-corrected chi connectivity index (χ2v) is 6.44. The molecule has 0 saturated carbocycles. The molecule has 3 heteroatoms. The molecule has 0 amide bonds. The number of hydrogen-bond acceptors (Lipinski definition) is 2. The van der Waals surface area contributed by atoms with E-state index in [2.05, 4.69) is 78.7 Å². The number of aromatic nitrogens is 2. The summed E-state index contributed by atoms with van der Waals surface area (Å²) in [5.74, 6) is 0. The van der Waals surface area contributed by atoms with Gasteiger partial charge < -0.3 is 5.32 Å². The molecule has 21 heavy (non-hydrogen) atoms. The van der Waals surface area contributed by atoms with E-state index in [0.29, 0.717) is 0 Å². The lowest BCUT2D eigenvalue weighted by Gasteiger charge is -2.20. The van der Waals surface area contributed by atoms with Crippen LogP contribution in [0.25, 0.3) is 22.0 Å². The van der Waals surface area contributed by atoms with Crippen molar-refractivity contribution in [3.05, 3.63) is 54.2 Å². The Balaban J connectivity index is 1.94. The summed E-state index contributed by atoms with van der Waals surface area (Å²) in [4.78, 5) is 0. The first-order valence-electron chi connectivity index (χ1n) is 7.29. The molecule has 3 nitrogen and oxygen atoms in total. The predicted octanol–water partition coefficient (Wildman–Crippen LogP) is 4.12. The molecule has 2 aromatic carbocycles. The van der Waals surface area contributed by atoms with Crippen LogP contribution in [0.4, 0.5) is 0 Å². The van der Waals surface area contributed by atoms with Crippen LogP contribution >= 0.6 is 0 Å². The van der Waals surface area contributed by atoms with Gasteiger partial charge >= 0.3 is 0 Å². The molecule has 3 rings (SSSR count). The minimum atomic E-state index is 0.0952. The van der Waals surface area contributed by atoms with Crippen LogP contribution in [0.2, 0.25) is 0 Å². The van der Waals surface area contributed by atoms with E-state index < -0.39 is 0 Å². The van der Waals surface area contributed by atoms with E-state index in [-0.39, 0.29) is 5.54 Å². The summed E-state index contributed by atoms with van der Waals surface area (Å²) >= 11 is 0. The van der Waals surface area contributed by atoms with Crippen LogP contribution in [-0.4, -0.2) is 15.7 Å². The van der Waals surface area contributed by atoms with Crippen molar-refractivity contribution < 1.29 is 0 Å². The summed E-state index contributed by atoms with van der Waals surface area (Å²) in [6.45, 7) is 7.32. The largest absolute Gasteiger partial charge is 0.308 e. The number of benzene rings is 2. The number of H-pyrrole nitrogens is 1. The summed E-state index contributed by atoms with van der Waals surface area (Å²) in [6, 6.07) is 14.9. The van der Waals surface area contributed by atoms with Crippen molar-refractivity contribution >= 4 is 10.8 Å². The summed E-state index contributed by atoms with van der Waals surface area (Å²) < 4.78 is 0. The van der Waals surface area contributed by atoms with Crippen molar-refractivity contribution in [1.29, 1.82) is 0 Å². The fourth-order valence-electron chi connectivity index (χ4n) is 2.40. The molecule has 0 atom stereocenters. The molecule has 1 aromatic heterocycles. The molecule has 0 radical (unpaired) electrons. The zero-order valence-electron chi connectivity index (χ0n) is 12.8. The van der Waals surface area contributed by atoms with E-state index in [1.165, 1.54) is 21.9 Å². The maximum Gasteiger partial charge on any atom is 0.0695 e. The second kappa shape index (κ2) is 5.34. The standard InChI is InChI=1S/C18H21N3/c1-18(2,3)19-11-16-12-20-21-17(16)15-9-8-13-6-4-5-7-14(13)10-15/h4-10,12,19H,11H2,1-3H3,(H,20,21). The smallest absolute Gasteiger partial charge is 0.0695 e. The minimum Gasteiger partial charge on any atom is -0.308 e. The van der Waals surface area contributed by atoms with Gasteiger partial charge in [0, 0.05) is 23.2 Å². The molecular weight excluding hydrogens is 258 g/mol. The quantitative estimate of drug-likeness (QED) is 0.757. The monoisotopic (exact) mass is 279 g/mol. The van der Waals surface area contributed by atoms with Crippen LogP contribution in [0.1, 0.15) is 26.3 Å². The SMILES string of the molecule is CC(C)(C)NCc1cn[nH]c1-c1ccc2ccccc2c1. The van der Waals surface area contributed by atoms with E-state index in [1.807, 2.05) is 6.20 Å². The molecule has 0 unspecified atom stereocenters. The number of fused-ring (bicyclic) bond motifs is 1. The third-order valence-electron chi connectivity index (χ3n) is 3.57. The molecule has 2 N–H and O–H groups in total. The Bertz CT molecular complexity index is 750. The molecule has 0 aliphatic heterocycles. The first-order valence-corrected chi connectivity index (χ1v) is 7.29. The zero-order chi connectivity index (χ0) is 14.9. The van der Waals surface area contributed by atoms with Gasteiger partial charge in [0.05, 0.1) is 11.9 Å². The predicted molar refractivity (Wildman–Crippen MR) is 88.1 cm³/mol. The molecule has 0 fully saturated rings. The van der Waals surface area contributed by atoms with Crippen LogP contribution in [0.15, 0.2) is 48.7 Å². The third-order valence-corrected chi connectivity index (χ3v) is 3.57. The first-order chi connectivity index (χ1) is 10.0. The van der Waals surface area contributed by atoms with E-state index in [9.17, 15) is 0 Å². The molecule has 0 aliphatic carbocycles. The molecular formula is C18H21N3. The topological polar surface area (TPSA) is 40.7 Å². The maximum absolute atomic E-state index is 4.21. The summed E-state index contributed by atoms with van der Waals surface area (Å²) in [7, 11) is 0. The van der Waals surface area contributed by atoms with Crippen molar-refractivity contribution in [3.8, 4) is 11.3 Å².